The van der Waals surface area contributed by atoms with E-state index in [4.69, 9.17) is 9.31 Å². The largest absolute Gasteiger partial charge is 0.464 e. The molecular formula is C9H16BFO2. The zero-order valence-corrected chi connectivity index (χ0v) is 8.63. The first-order valence-electron chi connectivity index (χ1n) is 4.83. The Labute approximate surface area is 78.9 Å². The molecule has 0 unspecified atom stereocenters. The molecular weight excluding hydrogens is 170 g/mol. The van der Waals surface area contributed by atoms with Crippen molar-refractivity contribution in [2.24, 2.45) is 0 Å². The minimum atomic E-state index is -0.713. The Morgan fingerprint density at radius 1 is 1.15 bits per heavy atom. The molecule has 0 bridgehead atoms. The second kappa shape index (κ2) is 2.48. The van der Waals surface area contributed by atoms with Gasteiger partial charge in [0.25, 0.3) is 0 Å². The molecule has 1 aliphatic heterocycles. The minimum Gasteiger partial charge on any atom is -0.403 e. The standard InChI is InChI=1S/C9H16BFO2/c1-8(2)9(3,4)13-10(12-8)6-5-7(6)11/h6-7H,5H2,1-4H3/t6-,7+/m0/s1. The van der Waals surface area contributed by atoms with Crippen molar-refractivity contribution < 1.29 is 13.7 Å². The van der Waals surface area contributed by atoms with Gasteiger partial charge < -0.3 is 9.31 Å². The van der Waals surface area contributed by atoms with Crippen molar-refractivity contribution >= 4 is 7.12 Å². The average Bonchev–Trinajstić information content (AvgIpc) is 2.58. The van der Waals surface area contributed by atoms with E-state index in [2.05, 4.69) is 0 Å². The lowest BCUT2D eigenvalue weighted by Crippen LogP contribution is -2.41. The van der Waals surface area contributed by atoms with Crippen molar-refractivity contribution in [1.82, 2.24) is 0 Å². The van der Waals surface area contributed by atoms with Gasteiger partial charge in [0.2, 0.25) is 0 Å². The van der Waals surface area contributed by atoms with Crippen molar-refractivity contribution in [2.75, 3.05) is 0 Å². The second-order valence-corrected chi connectivity index (χ2v) is 5.04. The van der Waals surface area contributed by atoms with Crippen LogP contribution in [0.15, 0.2) is 0 Å². The molecule has 2 nitrogen and oxygen atoms in total. The van der Waals surface area contributed by atoms with Crippen molar-refractivity contribution in [3.8, 4) is 0 Å². The fourth-order valence-electron chi connectivity index (χ4n) is 1.53. The molecule has 1 saturated carbocycles. The van der Waals surface area contributed by atoms with Gasteiger partial charge in [0, 0.05) is 5.82 Å². The number of halogens is 1. The van der Waals surface area contributed by atoms with Crippen molar-refractivity contribution in [1.29, 1.82) is 0 Å². The van der Waals surface area contributed by atoms with Crippen LogP contribution in [0.4, 0.5) is 4.39 Å². The highest BCUT2D eigenvalue weighted by Gasteiger charge is 2.60. The van der Waals surface area contributed by atoms with Gasteiger partial charge in [-0.05, 0) is 34.1 Å². The monoisotopic (exact) mass is 186 g/mol. The predicted molar refractivity (Wildman–Crippen MR) is 49.3 cm³/mol. The molecule has 0 aromatic carbocycles. The molecule has 4 heteroatoms. The summed E-state index contributed by atoms with van der Waals surface area (Å²) < 4.78 is 24.2. The van der Waals surface area contributed by atoms with Crippen LogP contribution in [0.25, 0.3) is 0 Å². The van der Waals surface area contributed by atoms with Crippen LogP contribution in [0.3, 0.4) is 0 Å². The molecule has 1 heterocycles. The number of hydrogen-bond donors (Lipinski definition) is 0. The maximum absolute atomic E-state index is 12.8. The van der Waals surface area contributed by atoms with Crippen LogP contribution in [0.2, 0.25) is 5.82 Å². The normalized spacial score (nSPS) is 40.8. The van der Waals surface area contributed by atoms with Crippen molar-refractivity contribution in [3.05, 3.63) is 0 Å². The second-order valence-electron chi connectivity index (χ2n) is 5.04. The highest BCUT2D eigenvalue weighted by molar-refractivity contribution is 6.49. The van der Waals surface area contributed by atoms with E-state index in [-0.39, 0.29) is 24.1 Å². The molecule has 2 aliphatic rings. The van der Waals surface area contributed by atoms with Crippen LogP contribution >= 0.6 is 0 Å². The predicted octanol–water partition coefficient (Wildman–Crippen LogP) is 2.19. The number of alkyl halides is 1. The summed E-state index contributed by atoms with van der Waals surface area (Å²) in [6.45, 7) is 7.95. The Balaban J connectivity index is 2.07. The summed E-state index contributed by atoms with van der Waals surface area (Å²) in [4.78, 5) is 0. The maximum atomic E-state index is 12.8. The van der Waals surface area contributed by atoms with E-state index >= 15 is 0 Å². The summed E-state index contributed by atoms with van der Waals surface area (Å²) in [5.41, 5.74) is -0.639. The molecule has 13 heavy (non-hydrogen) atoms. The smallest absolute Gasteiger partial charge is 0.403 e. The van der Waals surface area contributed by atoms with E-state index in [0.717, 1.165) is 0 Å². The van der Waals surface area contributed by atoms with Crippen LogP contribution in [-0.4, -0.2) is 24.5 Å². The topological polar surface area (TPSA) is 18.5 Å². The molecule has 0 radical (unpaired) electrons. The van der Waals surface area contributed by atoms with Gasteiger partial charge in [0.1, 0.15) is 6.17 Å². The molecule has 0 aromatic rings. The summed E-state index contributed by atoms with van der Waals surface area (Å²) in [6, 6.07) is 0. The summed E-state index contributed by atoms with van der Waals surface area (Å²) >= 11 is 0. The van der Waals surface area contributed by atoms with E-state index < -0.39 is 6.17 Å². The Kier molecular flexibility index (Phi) is 1.81. The molecule has 0 amide bonds. The molecule has 0 N–H and O–H groups in total. The molecule has 1 saturated heterocycles. The van der Waals surface area contributed by atoms with E-state index in [1.54, 1.807) is 0 Å². The first-order chi connectivity index (χ1) is 5.83. The average molecular weight is 186 g/mol. The van der Waals surface area contributed by atoms with E-state index in [1.165, 1.54) is 0 Å². The third kappa shape index (κ3) is 1.40. The fourth-order valence-corrected chi connectivity index (χ4v) is 1.53. The lowest BCUT2D eigenvalue weighted by atomic mass is 9.82. The fraction of sp³-hybridized carbons (Fsp3) is 1.00. The Morgan fingerprint density at radius 3 is 1.85 bits per heavy atom. The maximum Gasteiger partial charge on any atom is 0.464 e. The van der Waals surface area contributed by atoms with E-state index in [1.807, 2.05) is 27.7 Å². The molecule has 0 spiro atoms. The Morgan fingerprint density at radius 2 is 1.54 bits per heavy atom. The van der Waals surface area contributed by atoms with Gasteiger partial charge in [-0.2, -0.15) is 0 Å². The molecule has 74 valence electrons. The van der Waals surface area contributed by atoms with E-state index in [0.29, 0.717) is 6.42 Å². The van der Waals surface area contributed by atoms with Gasteiger partial charge in [-0.15, -0.1) is 0 Å². The SMILES string of the molecule is CC1(C)OB([C@H]2C[C@H]2F)OC1(C)C. The third-order valence-corrected chi connectivity index (χ3v) is 3.38. The lowest BCUT2D eigenvalue weighted by molar-refractivity contribution is 0.00578. The van der Waals surface area contributed by atoms with Crippen LogP contribution in [0, 0.1) is 0 Å². The van der Waals surface area contributed by atoms with Crippen molar-refractivity contribution in [2.45, 2.75) is 57.3 Å². The summed E-state index contributed by atoms with van der Waals surface area (Å²) in [7, 11) is -0.333. The molecule has 0 aromatic heterocycles. The quantitative estimate of drug-likeness (QED) is 0.584. The lowest BCUT2D eigenvalue weighted by Gasteiger charge is -2.32. The van der Waals surface area contributed by atoms with Gasteiger partial charge in [-0.1, -0.05) is 0 Å². The van der Waals surface area contributed by atoms with Gasteiger partial charge in [0.05, 0.1) is 11.2 Å². The molecule has 2 fully saturated rings. The van der Waals surface area contributed by atoms with Gasteiger partial charge >= 0.3 is 7.12 Å². The van der Waals surface area contributed by atoms with Gasteiger partial charge in [-0.3, -0.25) is 0 Å². The summed E-state index contributed by atoms with van der Waals surface area (Å²) in [5, 5.41) is 0. The van der Waals surface area contributed by atoms with Crippen LogP contribution in [-0.2, 0) is 9.31 Å². The van der Waals surface area contributed by atoms with Crippen LogP contribution in [0.1, 0.15) is 34.1 Å². The van der Waals surface area contributed by atoms with Crippen molar-refractivity contribution in [3.63, 3.8) is 0 Å². The third-order valence-electron chi connectivity index (χ3n) is 3.38. The first kappa shape index (κ1) is 9.47. The zero-order chi connectivity index (χ0) is 9.85. The molecule has 2 rings (SSSR count). The van der Waals surface area contributed by atoms with Crippen LogP contribution in [0.5, 0.6) is 0 Å². The highest BCUT2D eigenvalue weighted by Crippen LogP contribution is 2.50. The van der Waals surface area contributed by atoms with Gasteiger partial charge in [-0.25, -0.2) is 4.39 Å². The molecule has 1 aliphatic carbocycles. The summed E-state index contributed by atoms with van der Waals surface area (Å²) in [6.07, 6.45) is -0.119. The summed E-state index contributed by atoms with van der Waals surface area (Å²) in [5.74, 6) is -0.0268. The number of rotatable bonds is 1. The minimum absolute atomic E-state index is 0.0268. The number of hydrogen-bond acceptors (Lipinski definition) is 2. The Hall–Kier alpha value is -0.0851. The first-order valence-corrected chi connectivity index (χ1v) is 4.83. The van der Waals surface area contributed by atoms with Crippen LogP contribution < -0.4 is 0 Å². The van der Waals surface area contributed by atoms with E-state index in [9.17, 15) is 4.39 Å². The zero-order valence-electron chi connectivity index (χ0n) is 8.63. The van der Waals surface area contributed by atoms with Gasteiger partial charge in [0.15, 0.2) is 0 Å². The Bertz CT molecular complexity index is 214. The highest BCUT2D eigenvalue weighted by atomic mass is 19.1. The molecule has 2 atom stereocenters.